The van der Waals surface area contributed by atoms with Crippen molar-refractivity contribution in [3.05, 3.63) is 0 Å². The first-order chi connectivity index (χ1) is 13.8. The summed E-state index contributed by atoms with van der Waals surface area (Å²) in [5.74, 6) is -5.22. The van der Waals surface area contributed by atoms with Crippen LogP contribution in [0.15, 0.2) is 0 Å². The third kappa shape index (κ3) is 9.44. The van der Waals surface area contributed by atoms with Crippen LogP contribution in [0.5, 0.6) is 0 Å². The molecule has 0 saturated heterocycles. The van der Waals surface area contributed by atoms with Gasteiger partial charge < -0.3 is 31.9 Å². The lowest BCUT2D eigenvalue weighted by molar-refractivity contribution is -0.143. The minimum Gasteiger partial charge on any atom is -0.481 e. The standard InChI is InChI=1S/C18H32N4O7S/c1-8(2)13(21-15(25)10(19)5-6-12(23)24)17(27)20-11(7-30)16(26)22-14(9(3)4)18(28)29/h8-11,13-14,30H,5-7,19H2,1-4H3,(H,20,27)(H,21,25)(H,22,26)(H,23,24)(H,28,29). The molecule has 4 unspecified atom stereocenters. The molecular weight excluding hydrogens is 416 g/mol. The number of hydrogen-bond donors (Lipinski definition) is 7. The summed E-state index contributed by atoms with van der Waals surface area (Å²) >= 11 is 4.04. The summed E-state index contributed by atoms with van der Waals surface area (Å²) in [5.41, 5.74) is 5.66. The Kier molecular flexibility index (Phi) is 12.0. The lowest BCUT2D eigenvalue weighted by Crippen LogP contribution is -2.59. The summed E-state index contributed by atoms with van der Waals surface area (Å²) in [5, 5.41) is 25.2. The minimum absolute atomic E-state index is 0.0962. The second kappa shape index (κ2) is 13.1. The van der Waals surface area contributed by atoms with Crippen molar-refractivity contribution in [2.75, 3.05) is 5.75 Å². The molecule has 11 nitrogen and oxygen atoms in total. The number of amides is 3. The number of rotatable bonds is 13. The number of carbonyl (C=O) groups excluding carboxylic acids is 3. The molecular formula is C18H32N4O7S. The largest absolute Gasteiger partial charge is 0.481 e. The summed E-state index contributed by atoms with van der Waals surface area (Å²) < 4.78 is 0. The Balaban J connectivity index is 5.13. The number of hydrogen-bond acceptors (Lipinski definition) is 7. The van der Waals surface area contributed by atoms with E-state index in [1.54, 1.807) is 27.7 Å². The van der Waals surface area contributed by atoms with Crippen molar-refractivity contribution >= 4 is 42.3 Å². The van der Waals surface area contributed by atoms with Gasteiger partial charge in [-0.05, 0) is 18.3 Å². The second-order valence-electron chi connectivity index (χ2n) is 7.58. The molecule has 0 aliphatic carbocycles. The Morgan fingerprint density at radius 2 is 1.33 bits per heavy atom. The van der Waals surface area contributed by atoms with Gasteiger partial charge in [0.1, 0.15) is 18.1 Å². The van der Waals surface area contributed by atoms with Gasteiger partial charge in [-0.2, -0.15) is 12.6 Å². The van der Waals surface area contributed by atoms with Crippen LogP contribution in [0, 0.1) is 11.8 Å². The zero-order valence-corrected chi connectivity index (χ0v) is 18.4. The summed E-state index contributed by atoms with van der Waals surface area (Å²) in [7, 11) is 0. The van der Waals surface area contributed by atoms with Gasteiger partial charge in [-0.3, -0.25) is 19.2 Å². The Bertz CT molecular complexity index is 642. The van der Waals surface area contributed by atoms with Crippen LogP contribution in [0.25, 0.3) is 0 Å². The maximum absolute atomic E-state index is 12.6. The van der Waals surface area contributed by atoms with Crippen LogP contribution in [-0.4, -0.2) is 69.8 Å². The van der Waals surface area contributed by atoms with E-state index in [0.717, 1.165) is 0 Å². The van der Waals surface area contributed by atoms with E-state index in [4.69, 9.17) is 10.8 Å². The monoisotopic (exact) mass is 448 g/mol. The van der Waals surface area contributed by atoms with Crippen LogP contribution in [0.3, 0.4) is 0 Å². The number of aliphatic carboxylic acids is 2. The fraction of sp³-hybridized carbons (Fsp3) is 0.722. The van der Waals surface area contributed by atoms with Gasteiger partial charge in [0.15, 0.2) is 0 Å². The molecule has 0 aliphatic rings. The minimum atomic E-state index is -1.20. The summed E-state index contributed by atoms with van der Waals surface area (Å²) in [6, 6.07) is -4.41. The molecule has 12 heteroatoms. The number of carboxylic acid groups (broad SMARTS) is 2. The molecule has 4 atom stereocenters. The van der Waals surface area contributed by atoms with Gasteiger partial charge >= 0.3 is 11.9 Å². The van der Waals surface area contributed by atoms with Crippen molar-refractivity contribution in [3.63, 3.8) is 0 Å². The van der Waals surface area contributed by atoms with E-state index < -0.39 is 53.8 Å². The molecule has 0 aromatic rings. The fourth-order valence-electron chi connectivity index (χ4n) is 2.43. The maximum Gasteiger partial charge on any atom is 0.326 e. The Morgan fingerprint density at radius 3 is 1.73 bits per heavy atom. The van der Waals surface area contributed by atoms with Gasteiger partial charge in [-0.15, -0.1) is 0 Å². The molecule has 172 valence electrons. The lowest BCUT2D eigenvalue weighted by atomic mass is 10.0. The highest BCUT2D eigenvalue weighted by Crippen LogP contribution is 2.06. The number of nitrogens with two attached hydrogens (primary N) is 1. The third-order valence-electron chi connectivity index (χ3n) is 4.30. The van der Waals surface area contributed by atoms with E-state index >= 15 is 0 Å². The number of carboxylic acids is 2. The first kappa shape index (κ1) is 27.7. The highest BCUT2D eigenvalue weighted by Gasteiger charge is 2.31. The normalized spacial score (nSPS) is 15.1. The van der Waals surface area contributed by atoms with E-state index in [9.17, 15) is 29.1 Å². The molecule has 7 N–H and O–H groups in total. The Morgan fingerprint density at radius 1 is 0.833 bits per heavy atom. The average Bonchev–Trinajstić information content (AvgIpc) is 2.64. The van der Waals surface area contributed by atoms with Crippen LogP contribution in [0.1, 0.15) is 40.5 Å². The van der Waals surface area contributed by atoms with E-state index in [1.807, 2.05) is 0 Å². The van der Waals surface area contributed by atoms with Crippen molar-refractivity contribution in [2.45, 2.75) is 64.7 Å². The zero-order chi connectivity index (χ0) is 23.6. The molecule has 0 bridgehead atoms. The summed E-state index contributed by atoms with van der Waals surface area (Å²) in [6.07, 6.45) is -0.392. The van der Waals surface area contributed by atoms with Crippen LogP contribution < -0.4 is 21.7 Å². The smallest absolute Gasteiger partial charge is 0.326 e. The molecule has 0 saturated carbocycles. The number of nitrogens with one attached hydrogen (secondary N) is 3. The van der Waals surface area contributed by atoms with Crippen molar-refractivity contribution in [3.8, 4) is 0 Å². The van der Waals surface area contributed by atoms with Crippen molar-refractivity contribution < 1.29 is 34.2 Å². The van der Waals surface area contributed by atoms with Gasteiger partial charge in [-0.25, -0.2) is 4.79 Å². The van der Waals surface area contributed by atoms with Crippen molar-refractivity contribution in [2.24, 2.45) is 17.6 Å². The van der Waals surface area contributed by atoms with Gasteiger partial charge in [0.05, 0.1) is 6.04 Å². The molecule has 3 amide bonds. The van der Waals surface area contributed by atoms with Crippen molar-refractivity contribution in [1.82, 2.24) is 16.0 Å². The average molecular weight is 449 g/mol. The topological polar surface area (TPSA) is 188 Å². The predicted octanol–water partition coefficient (Wildman–Crippen LogP) is -1.04. The molecule has 0 radical (unpaired) electrons. The second-order valence-corrected chi connectivity index (χ2v) is 7.95. The predicted molar refractivity (Wildman–Crippen MR) is 112 cm³/mol. The SMILES string of the molecule is CC(C)C(NC(=O)C(CS)NC(=O)C(NC(=O)C(N)CCC(=O)O)C(C)C)C(=O)O. The van der Waals surface area contributed by atoms with Crippen LogP contribution in [-0.2, 0) is 24.0 Å². The highest BCUT2D eigenvalue weighted by atomic mass is 32.1. The van der Waals surface area contributed by atoms with Gasteiger partial charge in [0, 0.05) is 12.2 Å². The fourth-order valence-corrected chi connectivity index (χ4v) is 2.69. The molecule has 0 aliphatic heterocycles. The molecule has 0 aromatic carbocycles. The van der Waals surface area contributed by atoms with Crippen molar-refractivity contribution in [1.29, 1.82) is 0 Å². The Hall–Kier alpha value is -2.34. The van der Waals surface area contributed by atoms with E-state index in [-0.39, 0.29) is 30.4 Å². The van der Waals surface area contributed by atoms with Crippen LogP contribution in [0.2, 0.25) is 0 Å². The number of thiol groups is 1. The van der Waals surface area contributed by atoms with Gasteiger partial charge in [0.2, 0.25) is 17.7 Å². The van der Waals surface area contributed by atoms with Crippen LogP contribution in [0.4, 0.5) is 0 Å². The van der Waals surface area contributed by atoms with E-state index in [1.165, 1.54) is 0 Å². The quantitative estimate of drug-likeness (QED) is 0.174. The molecule has 30 heavy (non-hydrogen) atoms. The molecule has 0 rings (SSSR count). The molecule has 0 spiro atoms. The molecule has 0 aromatic heterocycles. The van der Waals surface area contributed by atoms with E-state index in [0.29, 0.717) is 0 Å². The maximum atomic E-state index is 12.6. The summed E-state index contributed by atoms with van der Waals surface area (Å²) in [4.78, 5) is 59.1. The third-order valence-corrected chi connectivity index (χ3v) is 4.66. The first-order valence-corrected chi connectivity index (χ1v) is 10.2. The number of carbonyl (C=O) groups is 5. The molecule has 0 fully saturated rings. The van der Waals surface area contributed by atoms with Crippen LogP contribution >= 0.6 is 12.6 Å². The molecule has 0 heterocycles. The first-order valence-electron chi connectivity index (χ1n) is 9.53. The zero-order valence-electron chi connectivity index (χ0n) is 17.5. The van der Waals surface area contributed by atoms with Gasteiger partial charge in [0.25, 0.3) is 0 Å². The summed E-state index contributed by atoms with van der Waals surface area (Å²) in [6.45, 7) is 6.60. The lowest BCUT2D eigenvalue weighted by Gasteiger charge is -2.26. The Labute approximate surface area is 180 Å². The van der Waals surface area contributed by atoms with Gasteiger partial charge in [-0.1, -0.05) is 27.7 Å². The highest BCUT2D eigenvalue weighted by molar-refractivity contribution is 7.80. The van der Waals surface area contributed by atoms with E-state index in [2.05, 4.69) is 28.6 Å².